The van der Waals surface area contributed by atoms with E-state index in [0.717, 1.165) is 31.5 Å². The average Bonchev–Trinajstić information content (AvgIpc) is 3.09. The molecule has 1 saturated heterocycles. The Balaban J connectivity index is 1.58. The molecular formula is C15H20N4O3S. The van der Waals surface area contributed by atoms with Crippen LogP contribution in [0.15, 0.2) is 28.0 Å². The lowest BCUT2D eigenvalue weighted by atomic mass is 9.99. The van der Waals surface area contributed by atoms with Crippen molar-refractivity contribution in [3.05, 3.63) is 30.0 Å². The smallest absolute Gasteiger partial charge is 0.276 e. The minimum Gasteiger partial charge on any atom is -0.449 e. The van der Waals surface area contributed by atoms with Crippen LogP contribution in [0.1, 0.15) is 49.2 Å². The maximum Gasteiger partial charge on any atom is 0.276 e. The van der Waals surface area contributed by atoms with Gasteiger partial charge in [-0.1, -0.05) is 0 Å². The first-order chi connectivity index (χ1) is 11.1. The van der Waals surface area contributed by atoms with Gasteiger partial charge in [0.2, 0.25) is 5.09 Å². The number of furan rings is 1. The molecule has 2 aliphatic rings. The van der Waals surface area contributed by atoms with Crippen molar-refractivity contribution in [2.45, 2.75) is 49.7 Å². The molecule has 0 radical (unpaired) electrons. The van der Waals surface area contributed by atoms with E-state index in [0.29, 0.717) is 24.9 Å². The molecule has 1 saturated carbocycles. The molecular weight excluding hydrogens is 316 g/mol. The van der Waals surface area contributed by atoms with Gasteiger partial charge in [-0.3, -0.25) is 0 Å². The van der Waals surface area contributed by atoms with Gasteiger partial charge in [-0.25, -0.2) is 8.42 Å². The number of piperidine rings is 1. The van der Waals surface area contributed by atoms with Crippen molar-refractivity contribution in [2.75, 3.05) is 13.1 Å². The van der Waals surface area contributed by atoms with Crippen LogP contribution in [0.25, 0.3) is 0 Å². The van der Waals surface area contributed by atoms with E-state index in [-0.39, 0.29) is 11.0 Å². The average molecular weight is 336 g/mol. The Morgan fingerprint density at radius 2 is 2.09 bits per heavy atom. The second kappa shape index (κ2) is 5.45. The first-order valence-electron chi connectivity index (χ1n) is 8.01. The van der Waals surface area contributed by atoms with Crippen molar-refractivity contribution in [3.63, 3.8) is 0 Å². The van der Waals surface area contributed by atoms with E-state index in [2.05, 4.69) is 14.8 Å². The van der Waals surface area contributed by atoms with Crippen molar-refractivity contribution in [3.8, 4) is 0 Å². The fraction of sp³-hybridized carbons (Fsp3) is 0.600. The summed E-state index contributed by atoms with van der Waals surface area (Å²) in [6.45, 7) is 2.71. The van der Waals surface area contributed by atoms with Gasteiger partial charge < -0.3 is 8.98 Å². The normalized spacial score (nSPS) is 23.3. The lowest BCUT2D eigenvalue weighted by Crippen LogP contribution is -2.39. The summed E-state index contributed by atoms with van der Waals surface area (Å²) >= 11 is 0. The van der Waals surface area contributed by atoms with Gasteiger partial charge in [-0.05, 0) is 44.7 Å². The molecule has 2 aromatic rings. The van der Waals surface area contributed by atoms with Crippen LogP contribution in [0.4, 0.5) is 0 Å². The largest absolute Gasteiger partial charge is 0.449 e. The molecule has 23 heavy (non-hydrogen) atoms. The summed E-state index contributed by atoms with van der Waals surface area (Å²) in [6, 6.07) is 3.71. The van der Waals surface area contributed by atoms with E-state index in [1.54, 1.807) is 19.3 Å². The Kier molecular flexibility index (Phi) is 3.53. The van der Waals surface area contributed by atoms with Crippen molar-refractivity contribution < 1.29 is 12.8 Å². The summed E-state index contributed by atoms with van der Waals surface area (Å²) in [6.07, 6.45) is 5.85. The monoisotopic (exact) mass is 336 g/mol. The Morgan fingerprint density at radius 1 is 1.26 bits per heavy atom. The SMILES string of the molecule is Cc1ccc(S(=O)(=O)N2CCCC(c3nncn3C3CC3)C2)o1. The molecule has 7 nitrogen and oxygen atoms in total. The number of hydrogen-bond acceptors (Lipinski definition) is 5. The van der Waals surface area contributed by atoms with E-state index in [9.17, 15) is 8.42 Å². The van der Waals surface area contributed by atoms with Crippen LogP contribution in [-0.4, -0.2) is 40.6 Å². The van der Waals surface area contributed by atoms with Gasteiger partial charge >= 0.3 is 0 Å². The number of rotatable bonds is 4. The summed E-state index contributed by atoms with van der Waals surface area (Å²) in [7, 11) is -3.57. The number of nitrogens with zero attached hydrogens (tertiary/aromatic N) is 4. The molecule has 0 spiro atoms. The molecule has 1 aliphatic carbocycles. The molecule has 2 aromatic heterocycles. The topological polar surface area (TPSA) is 81.2 Å². The Morgan fingerprint density at radius 3 is 2.78 bits per heavy atom. The van der Waals surface area contributed by atoms with Gasteiger partial charge in [0, 0.05) is 25.0 Å². The molecule has 124 valence electrons. The molecule has 2 fully saturated rings. The first kappa shape index (κ1) is 14.9. The first-order valence-corrected chi connectivity index (χ1v) is 9.45. The fourth-order valence-electron chi connectivity index (χ4n) is 3.23. The minimum atomic E-state index is -3.57. The van der Waals surface area contributed by atoms with Gasteiger partial charge in [-0.15, -0.1) is 10.2 Å². The molecule has 1 aliphatic heterocycles. The second-order valence-electron chi connectivity index (χ2n) is 6.39. The van der Waals surface area contributed by atoms with Crippen LogP contribution in [0.3, 0.4) is 0 Å². The Hall–Kier alpha value is -1.67. The maximum absolute atomic E-state index is 12.7. The quantitative estimate of drug-likeness (QED) is 0.854. The molecule has 1 unspecified atom stereocenters. The van der Waals surface area contributed by atoms with Gasteiger partial charge in [0.05, 0.1) is 0 Å². The lowest BCUT2D eigenvalue weighted by Gasteiger charge is -2.30. The standard InChI is InChI=1S/C15H20N4O3S/c1-11-4-7-14(22-11)23(20,21)18-8-2-3-12(9-18)15-17-16-10-19(15)13-5-6-13/h4,7,10,12-13H,2-3,5-6,8-9H2,1H3. The van der Waals surface area contributed by atoms with Gasteiger partial charge in [0.1, 0.15) is 17.9 Å². The summed E-state index contributed by atoms with van der Waals surface area (Å²) in [5, 5.41) is 8.32. The van der Waals surface area contributed by atoms with Crippen LogP contribution in [0.5, 0.6) is 0 Å². The highest BCUT2D eigenvalue weighted by molar-refractivity contribution is 7.89. The third kappa shape index (κ3) is 2.70. The van der Waals surface area contributed by atoms with Gasteiger partial charge in [0.15, 0.2) is 0 Å². The number of aryl methyl sites for hydroxylation is 1. The number of aromatic nitrogens is 3. The maximum atomic E-state index is 12.7. The van der Waals surface area contributed by atoms with Crippen LogP contribution < -0.4 is 0 Å². The van der Waals surface area contributed by atoms with Crippen molar-refractivity contribution in [2.24, 2.45) is 0 Å². The van der Waals surface area contributed by atoms with Crippen LogP contribution in [-0.2, 0) is 10.0 Å². The van der Waals surface area contributed by atoms with E-state index in [1.165, 1.54) is 10.4 Å². The number of sulfonamides is 1. The van der Waals surface area contributed by atoms with E-state index in [1.807, 2.05) is 0 Å². The van der Waals surface area contributed by atoms with Crippen molar-refractivity contribution in [1.82, 2.24) is 19.1 Å². The summed E-state index contributed by atoms with van der Waals surface area (Å²) in [5.41, 5.74) is 0. The van der Waals surface area contributed by atoms with Gasteiger partial charge in [-0.2, -0.15) is 4.31 Å². The summed E-state index contributed by atoms with van der Waals surface area (Å²) < 4.78 is 34.5. The minimum absolute atomic E-state index is 0.0271. The highest BCUT2D eigenvalue weighted by Crippen LogP contribution is 2.38. The third-order valence-corrected chi connectivity index (χ3v) is 6.34. The molecule has 1 atom stereocenters. The molecule has 0 N–H and O–H groups in total. The van der Waals surface area contributed by atoms with Crippen LogP contribution in [0.2, 0.25) is 0 Å². The predicted molar refractivity (Wildman–Crippen MR) is 82.5 cm³/mol. The second-order valence-corrected chi connectivity index (χ2v) is 8.26. The van der Waals surface area contributed by atoms with E-state index in [4.69, 9.17) is 4.42 Å². The highest BCUT2D eigenvalue weighted by Gasteiger charge is 2.36. The Bertz CT molecular complexity index is 806. The molecule has 0 amide bonds. The zero-order chi connectivity index (χ0) is 16.0. The summed E-state index contributed by atoms with van der Waals surface area (Å²) in [5.74, 6) is 1.62. The Labute approximate surface area is 135 Å². The van der Waals surface area contributed by atoms with Crippen LogP contribution in [0, 0.1) is 6.92 Å². The molecule has 4 rings (SSSR count). The zero-order valence-corrected chi connectivity index (χ0v) is 13.9. The fourth-order valence-corrected chi connectivity index (χ4v) is 4.70. The van der Waals surface area contributed by atoms with Gasteiger partial charge in [0.25, 0.3) is 10.0 Å². The molecule has 3 heterocycles. The predicted octanol–water partition coefficient (Wildman–Crippen LogP) is 2.08. The molecule has 0 aromatic carbocycles. The molecule has 8 heteroatoms. The van der Waals surface area contributed by atoms with E-state index >= 15 is 0 Å². The van der Waals surface area contributed by atoms with Crippen molar-refractivity contribution in [1.29, 1.82) is 0 Å². The zero-order valence-electron chi connectivity index (χ0n) is 13.1. The lowest BCUT2D eigenvalue weighted by molar-refractivity contribution is 0.295. The van der Waals surface area contributed by atoms with E-state index < -0.39 is 10.0 Å². The molecule has 0 bridgehead atoms. The highest BCUT2D eigenvalue weighted by atomic mass is 32.2. The van der Waals surface area contributed by atoms with Crippen LogP contribution >= 0.6 is 0 Å². The third-order valence-electron chi connectivity index (χ3n) is 4.60. The summed E-state index contributed by atoms with van der Waals surface area (Å²) in [4.78, 5) is 0. The number of hydrogen-bond donors (Lipinski definition) is 0. The van der Waals surface area contributed by atoms with Crippen molar-refractivity contribution >= 4 is 10.0 Å².